The fraction of sp³-hybridized carbons (Fsp3) is 0.400. The standard InChI is InChI=1S/C10H12ClNO3S/c1-3-6(10(14)15)12-9(13)8-7(11)5(2)4-16-8/h4,6H,3H2,1-2H3,(H,12,13)(H,14,15)/t6-/m0/s1. The Morgan fingerprint density at radius 2 is 2.25 bits per heavy atom. The number of halogens is 1. The molecule has 1 amide bonds. The molecular formula is C10H12ClNO3S. The van der Waals surface area contributed by atoms with Gasteiger partial charge in [-0.05, 0) is 24.3 Å². The molecule has 0 spiro atoms. The van der Waals surface area contributed by atoms with Crippen LogP contribution in [0.15, 0.2) is 5.38 Å². The van der Waals surface area contributed by atoms with Crippen molar-refractivity contribution in [3.8, 4) is 0 Å². The quantitative estimate of drug-likeness (QED) is 0.874. The molecule has 0 saturated heterocycles. The van der Waals surface area contributed by atoms with Gasteiger partial charge in [0.25, 0.3) is 5.91 Å². The molecule has 1 aromatic heterocycles. The predicted octanol–water partition coefficient (Wildman–Crippen LogP) is 2.30. The van der Waals surface area contributed by atoms with E-state index in [2.05, 4.69) is 5.32 Å². The lowest BCUT2D eigenvalue weighted by Crippen LogP contribution is -2.40. The van der Waals surface area contributed by atoms with Crippen molar-refractivity contribution < 1.29 is 14.7 Å². The molecular weight excluding hydrogens is 250 g/mol. The first-order valence-electron chi connectivity index (χ1n) is 4.74. The Labute approximate surface area is 102 Å². The van der Waals surface area contributed by atoms with Crippen molar-refractivity contribution in [2.45, 2.75) is 26.3 Å². The summed E-state index contributed by atoms with van der Waals surface area (Å²) >= 11 is 7.12. The maximum atomic E-state index is 11.7. The van der Waals surface area contributed by atoms with E-state index in [9.17, 15) is 9.59 Å². The third kappa shape index (κ3) is 2.74. The van der Waals surface area contributed by atoms with Crippen molar-refractivity contribution in [3.05, 3.63) is 20.8 Å². The highest BCUT2D eigenvalue weighted by Crippen LogP contribution is 2.26. The molecule has 0 fully saturated rings. The Balaban J connectivity index is 2.80. The molecule has 1 rings (SSSR count). The second-order valence-corrected chi connectivity index (χ2v) is 4.59. The molecule has 16 heavy (non-hydrogen) atoms. The highest BCUT2D eigenvalue weighted by Gasteiger charge is 2.21. The summed E-state index contributed by atoms with van der Waals surface area (Å²) in [7, 11) is 0. The zero-order valence-electron chi connectivity index (χ0n) is 8.91. The maximum absolute atomic E-state index is 11.7. The summed E-state index contributed by atoms with van der Waals surface area (Å²) < 4.78 is 0. The monoisotopic (exact) mass is 261 g/mol. The number of aryl methyl sites for hydroxylation is 1. The summed E-state index contributed by atoms with van der Waals surface area (Å²) in [6, 6.07) is -0.869. The van der Waals surface area contributed by atoms with E-state index in [0.29, 0.717) is 16.3 Å². The molecule has 0 aliphatic rings. The molecule has 1 aromatic rings. The number of amides is 1. The van der Waals surface area contributed by atoms with Gasteiger partial charge >= 0.3 is 5.97 Å². The van der Waals surface area contributed by atoms with Gasteiger partial charge in [0.1, 0.15) is 10.9 Å². The average Bonchev–Trinajstić information content (AvgIpc) is 2.55. The first-order chi connectivity index (χ1) is 7.47. The molecule has 4 nitrogen and oxygen atoms in total. The van der Waals surface area contributed by atoms with Crippen LogP contribution in [0.1, 0.15) is 28.6 Å². The number of hydrogen-bond donors (Lipinski definition) is 2. The maximum Gasteiger partial charge on any atom is 0.326 e. The first kappa shape index (κ1) is 13.0. The lowest BCUT2D eigenvalue weighted by atomic mass is 10.2. The van der Waals surface area contributed by atoms with Crippen LogP contribution in [-0.4, -0.2) is 23.0 Å². The van der Waals surface area contributed by atoms with Crippen molar-refractivity contribution in [2.24, 2.45) is 0 Å². The number of nitrogens with one attached hydrogen (secondary N) is 1. The van der Waals surface area contributed by atoms with Crippen LogP contribution in [-0.2, 0) is 4.79 Å². The van der Waals surface area contributed by atoms with E-state index in [1.807, 2.05) is 0 Å². The van der Waals surface area contributed by atoms with Crippen molar-refractivity contribution in [1.82, 2.24) is 5.32 Å². The molecule has 0 bridgehead atoms. The molecule has 0 radical (unpaired) electrons. The highest BCUT2D eigenvalue weighted by atomic mass is 35.5. The number of carbonyl (C=O) groups excluding carboxylic acids is 1. The number of aliphatic carboxylic acids is 1. The normalized spacial score (nSPS) is 12.2. The van der Waals surface area contributed by atoms with Crippen LogP contribution in [0, 0.1) is 6.92 Å². The smallest absolute Gasteiger partial charge is 0.326 e. The van der Waals surface area contributed by atoms with Crippen LogP contribution in [0.2, 0.25) is 5.02 Å². The molecule has 88 valence electrons. The molecule has 0 unspecified atom stereocenters. The van der Waals surface area contributed by atoms with Crippen LogP contribution in [0.4, 0.5) is 0 Å². The van der Waals surface area contributed by atoms with Crippen LogP contribution in [0.3, 0.4) is 0 Å². The third-order valence-corrected chi connectivity index (χ3v) is 3.81. The number of carbonyl (C=O) groups is 2. The van der Waals surface area contributed by atoms with Crippen molar-refractivity contribution in [1.29, 1.82) is 0 Å². The van der Waals surface area contributed by atoms with Crippen LogP contribution >= 0.6 is 22.9 Å². The summed E-state index contributed by atoms with van der Waals surface area (Å²) in [5, 5.41) is 13.4. The SMILES string of the molecule is CC[C@H](NC(=O)c1scc(C)c1Cl)C(=O)O. The van der Waals surface area contributed by atoms with Gasteiger partial charge in [0.2, 0.25) is 0 Å². The number of hydrogen-bond acceptors (Lipinski definition) is 3. The minimum absolute atomic E-state index is 0.336. The van der Waals surface area contributed by atoms with Crippen molar-refractivity contribution >= 4 is 34.8 Å². The van der Waals surface area contributed by atoms with Crippen molar-refractivity contribution in [2.75, 3.05) is 0 Å². The van der Waals surface area contributed by atoms with Gasteiger partial charge in [-0.25, -0.2) is 4.79 Å². The molecule has 1 heterocycles. The van der Waals surface area contributed by atoms with Gasteiger partial charge in [-0.15, -0.1) is 11.3 Å². The van der Waals surface area contributed by atoms with Gasteiger partial charge in [0.15, 0.2) is 0 Å². The minimum Gasteiger partial charge on any atom is -0.480 e. The Bertz CT molecular complexity index is 416. The van der Waals surface area contributed by atoms with Crippen molar-refractivity contribution in [3.63, 3.8) is 0 Å². The Morgan fingerprint density at radius 1 is 1.62 bits per heavy atom. The van der Waals surface area contributed by atoms with E-state index in [1.54, 1.807) is 19.2 Å². The number of thiophene rings is 1. The zero-order chi connectivity index (χ0) is 12.3. The van der Waals surface area contributed by atoms with Gasteiger partial charge in [-0.1, -0.05) is 18.5 Å². The number of rotatable bonds is 4. The second-order valence-electron chi connectivity index (χ2n) is 3.33. The fourth-order valence-electron chi connectivity index (χ4n) is 1.15. The van der Waals surface area contributed by atoms with Gasteiger partial charge in [0.05, 0.1) is 5.02 Å². The van der Waals surface area contributed by atoms with Crippen LogP contribution < -0.4 is 5.32 Å². The van der Waals surface area contributed by atoms with Gasteiger partial charge in [0, 0.05) is 0 Å². The van der Waals surface area contributed by atoms with E-state index in [1.165, 1.54) is 11.3 Å². The molecule has 0 aliphatic heterocycles. The Morgan fingerprint density at radius 3 is 2.62 bits per heavy atom. The summed E-state index contributed by atoms with van der Waals surface area (Å²) in [4.78, 5) is 22.8. The molecule has 1 atom stereocenters. The van der Waals surface area contributed by atoms with Gasteiger partial charge < -0.3 is 10.4 Å². The molecule has 6 heteroatoms. The summed E-state index contributed by atoms with van der Waals surface area (Å²) in [6.45, 7) is 3.49. The number of carboxylic acids is 1. The van der Waals surface area contributed by atoms with E-state index < -0.39 is 17.9 Å². The zero-order valence-corrected chi connectivity index (χ0v) is 10.5. The summed E-state index contributed by atoms with van der Waals surface area (Å²) in [5.41, 5.74) is 0.820. The molecule has 0 aliphatic carbocycles. The van der Waals surface area contributed by atoms with E-state index in [0.717, 1.165) is 5.56 Å². The lowest BCUT2D eigenvalue weighted by Gasteiger charge is -2.11. The van der Waals surface area contributed by atoms with E-state index >= 15 is 0 Å². The molecule has 0 aromatic carbocycles. The first-order valence-corrected chi connectivity index (χ1v) is 6.00. The molecule has 0 saturated carbocycles. The number of carboxylic acid groups (broad SMARTS) is 1. The third-order valence-electron chi connectivity index (χ3n) is 2.12. The minimum atomic E-state index is -1.04. The highest BCUT2D eigenvalue weighted by molar-refractivity contribution is 7.13. The Kier molecular flexibility index (Phi) is 4.32. The van der Waals surface area contributed by atoms with E-state index in [4.69, 9.17) is 16.7 Å². The lowest BCUT2D eigenvalue weighted by molar-refractivity contribution is -0.139. The predicted molar refractivity (Wildman–Crippen MR) is 63.2 cm³/mol. The average molecular weight is 262 g/mol. The summed E-state index contributed by atoms with van der Waals surface area (Å²) in [6.07, 6.45) is 0.336. The topological polar surface area (TPSA) is 66.4 Å². The van der Waals surface area contributed by atoms with E-state index in [-0.39, 0.29) is 0 Å². The van der Waals surface area contributed by atoms with Gasteiger partial charge in [-0.3, -0.25) is 4.79 Å². The second kappa shape index (κ2) is 5.32. The molecule has 2 N–H and O–H groups in total. The van der Waals surface area contributed by atoms with Gasteiger partial charge in [-0.2, -0.15) is 0 Å². The van der Waals surface area contributed by atoms with Crippen LogP contribution in [0.25, 0.3) is 0 Å². The largest absolute Gasteiger partial charge is 0.480 e. The Hall–Kier alpha value is -1.07. The summed E-state index contributed by atoms with van der Waals surface area (Å²) in [5.74, 6) is -1.47. The fourth-order valence-corrected chi connectivity index (χ4v) is 2.33. The van der Waals surface area contributed by atoms with Crippen LogP contribution in [0.5, 0.6) is 0 Å².